The van der Waals surface area contributed by atoms with Crippen LogP contribution < -0.4 is 10.6 Å². The third kappa shape index (κ3) is 6.50. The summed E-state index contributed by atoms with van der Waals surface area (Å²) in [5.41, 5.74) is 3.01. The van der Waals surface area contributed by atoms with Gasteiger partial charge in [-0.3, -0.25) is 4.99 Å². The highest BCUT2D eigenvalue weighted by molar-refractivity contribution is 14.0. The number of guanidine groups is 1. The van der Waals surface area contributed by atoms with Crippen LogP contribution in [0.5, 0.6) is 0 Å². The lowest BCUT2D eigenvalue weighted by Gasteiger charge is -2.43. The maximum Gasteiger partial charge on any atom is 0.191 e. The van der Waals surface area contributed by atoms with E-state index >= 15 is 0 Å². The minimum Gasteiger partial charge on any atom is -0.356 e. The Labute approximate surface area is 186 Å². The number of hydrogen-bond acceptors (Lipinski definition) is 2. The lowest BCUT2D eigenvalue weighted by molar-refractivity contribution is 0.104. The Bertz CT molecular complexity index is 735. The van der Waals surface area contributed by atoms with E-state index in [2.05, 4.69) is 63.3 Å². The van der Waals surface area contributed by atoms with Gasteiger partial charge in [0.05, 0.1) is 6.33 Å². The van der Waals surface area contributed by atoms with Gasteiger partial charge >= 0.3 is 0 Å². The first-order chi connectivity index (χ1) is 13.1. The summed E-state index contributed by atoms with van der Waals surface area (Å²) in [4.78, 5) is 8.52. The molecule has 1 saturated carbocycles. The topological polar surface area (TPSA) is 54.2 Å². The third-order valence-corrected chi connectivity index (χ3v) is 5.49. The second-order valence-corrected chi connectivity index (χ2v) is 8.29. The third-order valence-electron chi connectivity index (χ3n) is 5.49. The molecule has 1 fully saturated rings. The fourth-order valence-corrected chi connectivity index (χ4v) is 4.10. The number of rotatable bonds is 8. The van der Waals surface area contributed by atoms with E-state index in [-0.39, 0.29) is 24.0 Å². The van der Waals surface area contributed by atoms with Crippen molar-refractivity contribution in [2.24, 2.45) is 16.3 Å². The molecule has 0 aliphatic heterocycles. The summed E-state index contributed by atoms with van der Waals surface area (Å²) in [6.45, 7) is 7.28. The van der Waals surface area contributed by atoms with Crippen molar-refractivity contribution in [3.05, 3.63) is 54.1 Å². The zero-order valence-electron chi connectivity index (χ0n) is 17.3. The number of aromatic nitrogens is 2. The lowest BCUT2D eigenvalue weighted by Crippen LogP contribution is -2.46. The predicted molar refractivity (Wildman–Crippen MR) is 127 cm³/mol. The summed E-state index contributed by atoms with van der Waals surface area (Å²) in [7, 11) is 1.85. The molecule has 1 aliphatic carbocycles. The van der Waals surface area contributed by atoms with Gasteiger partial charge in [0, 0.05) is 39.1 Å². The molecule has 5 nitrogen and oxygen atoms in total. The Balaban J connectivity index is 0.00000280. The number of hydrogen-bond donors (Lipinski definition) is 2. The molecule has 1 aromatic carbocycles. The molecule has 0 amide bonds. The molecular weight excluding hydrogens is 461 g/mol. The van der Waals surface area contributed by atoms with Crippen LogP contribution in [-0.2, 0) is 13.1 Å². The van der Waals surface area contributed by atoms with Crippen LogP contribution in [-0.4, -0.2) is 29.1 Å². The van der Waals surface area contributed by atoms with Gasteiger partial charge in [0.25, 0.3) is 0 Å². The fourth-order valence-electron chi connectivity index (χ4n) is 4.10. The predicted octanol–water partition coefficient (Wildman–Crippen LogP) is 4.43. The molecule has 1 aromatic heterocycles. The average Bonchev–Trinajstić information content (AvgIpc) is 3.12. The van der Waals surface area contributed by atoms with E-state index in [1.54, 1.807) is 0 Å². The minimum atomic E-state index is 0. The minimum absolute atomic E-state index is 0. The van der Waals surface area contributed by atoms with Crippen molar-refractivity contribution in [1.82, 2.24) is 20.2 Å². The molecule has 0 saturated heterocycles. The zero-order valence-corrected chi connectivity index (χ0v) is 19.6. The number of halogens is 1. The molecule has 1 heterocycles. The molecule has 28 heavy (non-hydrogen) atoms. The molecule has 154 valence electrons. The van der Waals surface area contributed by atoms with Crippen LogP contribution in [0.4, 0.5) is 0 Å². The van der Waals surface area contributed by atoms with Gasteiger partial charge in [-0.05, 0) is 41.7 Å². The Kier molecular flexibility index (Phi) is 8.79. The van der Waals surface area contributed by atoms with Crippen LogP contribution in [0.3, 0.4) is 0 Å². The quantitative estimate of drug-likeness (QED) is 0.324. The molecule has 3 rings (SSSR count). The SMILES string of the molecule is CN=C(NCc1cccc(Cn2ccnc2)c1)NCC1(CC(C)C)CCC1.I. The van der Waals surface area contributed by atoms with E-state index in [9.17, 15) is 0 Å². The van der Waals surface area contributed by atoms with Crippen LogP contribution in [0.25, 0.3) is 0 Å². The van der Waals surface area contributed by atoms with Crippen LogP contribution in [0.2, 0.25) is 0 Å². The summed E-state index contributed by atoms with van der Waals surface area (Å²) >= 11 is 0. The highest BCUT2D eigenvalue weighted by Gasteiger charge is 2.37. The van der Waals surface area contributed by atoms with Crippen LogP contribution in [0, 0.1) is 11.3 Å². The summed E-state index contributed by atoms with van der Waals surface area (Å²) < 4.78 is 2.08. The molecule has 0 bridgehead atoms. The van der Waals surface area contributed by atoms with Crippen molar-refractivity contribution in [2.75, 3.05) is 13.6 Å². The standard InChI is InChI=1S/C22H33N5.HI/c1-18(2)13-22(8-5-9-22)16-26-21(23-3)25-14-19-6-4-7-20(12-19)15-27-11-10-24-17-27;/h4,6-7,10-12,17-18H,5,8-9,13-16H2,1-3H3,(H2,23,25,26);1H. The Morgan fingerprint density at radius 2 is 2.04 bits per heavy atom. The highest BCUT2D eigenvalue weighted by atomic mass is 127. The van der Waals surface area contributed by atoms with Crippen molar-refractivity contribution in [1.29, 1.82) is 0 Å². The maximum absolute atomic E-state index is 4.41. The number of benzene rings is 1. The Morgan fingerprint density at radius 1 is 1.25 bits per heavy atom. The van der Waals surface area contributed by atoms with Gasteiger partial charge in [0.1, 0.15) is 0 Å². The van der Waals surface area contributed by atoms with Gasteiger partial charge in [-0.1, -0.05) is 44.5 Å². The second kappa shape index (κ2) is 10.8. The number of aliphatic imine (C=N–C) groups is 1. The smallest absolute Gasteiger partial charge is 0.191 e. The zero-order chi connectivity index (χ0) is 19.1. The fraction of sp³-hybridized carbons (Fsp3) is 0.545. The van der Waals surface area contributed by atoms with Crippen molar-refractivity contribution < 1.29 is 0 Å². The van der Waals surface area contributed by atoms with Gasteiger partial charge in [-0.25, -0.2) is 4.98 Å². The first-order valence-electron chi connectivity index (χ1n) is 10.1. The van der Waals surface area contributed by atoms with E-state index in [4.69, 9.17) is 0 Å². The van der Waals surface area contributed by atoms with Gasteiger partial charge < -0.3 is 15.2 Å². The van der Waals surface area contributed by atoms with E-state index in [0.717, 1.165) is 31.5 Å². The van der Waals surface area contributed by atoms with E-state index in [1.807, 2.05) is 25.8 Å². The molecular formula is C22H34IN5. The second-order valence-electron chi connectivity index (χ2n) is 8.29. The van der Waals surface area contributed by atoms with Crippen LogP contribution in [0.15, 0.2) is 48.0 Å². The summed E-state index contributed by atoms with van der Waals surface area (Å²) in [6, 6.07) is 8.67. The van der Waals surface area contributed by atoms with Gasteiger partial charge in [0.2, 0.25) is 0 Å². The molecule has 2 N–H and O–H groups in total. The van der Waals surface area contributed by atoms with E-state index in [1.165, 1.54) is 36.8 Å². The molecule has 0 atom stereocenters. The molecule has 0 unspecified atom stereocenters. The monoisotopic (exact) mass is 495 g/mol. The van der Waals surface area contributed by atoms with Gasteiger partial charge in [0.15, 0.2) is 5.96 Å². The lowest BCUT2D eigenvalue weighted by atomic mass is 9.64. The normalized spacial score (nSPS) is 15.6. The van der Waals surface area contributed by atoms with Crippen molar-refractivity contribution >= 4 is 29.9 Å². The molecule has 1 aliphatic rings. The summed E-state index contributed by atoms with van der Waals surface area (Å²) in [6.07, 6.45) is 11.0. The maximum atomic E-state index is 4.41. The van der Waals surface area contributed by atoms with Gasteiger partial charge in [-0.2, -0.15) is 0 Å². The average molecular weight is 495 g/mol. The van der Waals surface area contributed by atoms with E-state index in [0.29, 0.717) is 5.41 Å². The van der Waals surface area contributed by atoms with Crippen LogP contribution in [0.1, 0.15) is 50.7 Å². The summed E-state index contributed by atoms with van der Waals surface area (Å²) in [5, 5.41) is 7.03. The molecule has 2 aromatic rings. The van der Waals surface area contributed by atoms with E-state index < -0.39 is 0 Å². The van der Waals surface area contributed by atoms with Crippen LogP contribution >= 0.6 is 24.0 Å². The Morgan fingerprint density at radius 3 is 2.64 bits per heavy atom. The summed E-state index contributed by atoms with van der Waals surface area (Å²) in [5.74, 6) is 1.64. The first-order valence-corrected chi connectivity index (χ1v) is 10.1. The molecule has 6 heteroatoms. The van der Waals surface area contributed by atoms with Crippen molar-refractivity contribution in [3.63, 3.8) is 0 Å². The highest BCUT2D eigenvalue weighted by Crippen LogP contribution is 2.45. The molecule has 0 radical (unpaired) electrons. The first kappa shape index (κ1) is 22.7. The number of nitrogens with one attached hydrogen (secondary N) is 2. The largest absolute Gasteiger partial charge is 0.356 e. The number of imidazole rings is 1. The molecule has 0 spiro atoms. The Hall–Kier alpha value is -1.57. The number of nitrogens with zero attached hydrogens (tertiary/aromatic N) is 3. The van der Waals surface area contributed by atoms with Crippen molar-refractivity contribution in [2.45, 2.75) is 52.6 Å². The van der Waals surface area contributed by atoms with Gasteiger partial charge in [-0.15, -0.1) is 24.0 Å². The van der Waals surface area contributed by atoms with Crippen molar-refractivity contribution in [3.8, 4) is 0 Å².